The van der Waals surface area contributed by atoms with Crippen LogP contribution in [0.4, 0.5) is 0 Å². The minimum absolute atomic E-state index is 0.111. The predicted molar refractivity (Wildman–Crippen MR) is 142 cm³/mol. The van der Waals surface area contributed by atoms with Crippen molar-refractivity contribution >= 4 is 46.4 Å². The van der Waals surface area contributed by atoms with Gasteiger partial charge in [-0.05, 0) is 79.3 Å². The van der Waals surface area contributed by atoms with Crippen molar-refractivity contribution in [3.63, 3.8) is 0 Å². The summed E-state index contributed by atoms with van der Waals surface area (Å²) in [6.07, 6.45) is 9.93. The standard InChI is InChI=1S/C29H32N4O/c1-17(2)13-21-24-7-5-19(30-24)15-20-6-8-25(31-20)22(14-18(3)4)27-10-12-29(33-27)23(16-34)28-11-9-26(21)32-28/h5-12,15,17-18,30-31,34H,13-14,16H2,1-4H3. The second-order valence-electron chi connectivity index (χ2n) is 10.0. The molecule has 5 rings (SSSR count). The Bertz CT molecular complexity index is 1340. The smallest absolute Gasteiger partial charge is 0.0724 e. The zero-order chi connectivity index (χ0) is 23.8. The van der Waals surface area contributed by atoms with Crippen LogP contribution < -0.4 is 0 Å². The summed E-state index contributed by atoms with van der Waals surface area (Å²) in [5.74, 6) is 0.968. The van der Waals surface area contributed by atoms with Gasteiger partial charge in [0.05, 0.1) is 29.4 Å². The predicted octanol–water partition coefficient (Wildman–Crippen LogP) is 6.54. The van der Waals surface area contributed by atoms with Crippen molar-refractivity contribution < 1.29 is 5.11 Å². The molecule has 3 N–H and O–H groups in total. The molecule has 5 nitrogen and oxygen atoms in total. The Morgan fingerprint density at radius 2 is 1.06 bits per heavy atom. The summed E-state index contributed by atoms with van der Waals surface area (Å²) in [6.45, 7) is 8.77. The first kappa shape index (κ1) is 22.4. The number of rotatable bonds is 5. The zero-order valence-corrected chi connectivity index (χ0v) is 20.3. The van der Waals surface area contributed by atoms with E-state index in [1.54, 1.807) is 0 Å². The van der Waals surface area contributed by atoms with Crippen LogP contribution in [0.3, 0.4) is 0 Å². The summed E-state index contributed by atoms with van der Waals surface area (Å²) in [4.78, 5) is 17.1. The Labute approximate surface area is 200 Å². The number of nitrogens with one attached hydrogen (secondary N) is 2. The van der Waals surface area contributed by atoms with Crippen LogP contribution in [0, 0.1) is 11.8 Å². The molecule has 8 bridgehead atoms. The third-order valence-corrected chi connectivity index (χ3v) is 6.28. The molecular weight excluding hydrogens is 420 g/mol. The fraction of sp³-hybridized carbons (Fsp3) is 0.310. The Hall–Kier alpha value is -3.44. The SMILES string of the molecule is CC(C)Cc1c2nc(c(CO)c3nc(c(CC(C)C)c4ccc(cc5ccc1[nH]5)[nH]4)C=C3)C=C2. The monoisotopic (exact) mass is 452 g/mol. The van der Waals surface area contributed by atoms with E-state index in [4.69, 9.17) is 9.97 Å². The van der Waals surface area contributed by atoms with Gasteiger partial charge in [-0.15, -0.1) is 0 Å². The van der Waals surface area contributed by atoms with E-state index in [2.05, 4.69) is 80.1 Å². The maximum Gasteiger partial charge on any atom is 0.0724 e. The molecule has 3 aromatic rings. The fourth-order valence-electron chi connectivity index (χ4n) is 4.72. The van der Waals surface area contributed by atoms with E-state index in [9.17, 15) is 5.11 Å². The Morgan fingerprint density at radius 1 is 0.647 bits per heavy atom. The van der Waals surface area contributed by atoms with E-state index < -0.39 is 0 Å². The Kier molecular flexibility index (Phi) is 5.96. The van der Waals surface area contributed by atoms with Crippen molar-refractivity contribution in [2.45, 2.75) is 47.1 Å². The van der Waals surface area contributed by atoms with E-state index in [1.807, 2.05) is 12.2 Å². The quantitative estimate of drug-likeness (QED) is 0.283. The first-order valence-electron chi connectivity index (χ1n) is 12.1. The van der Waals surface area contributed by atoms with Crippen molar-refractivity contribution in [2.24, 2.45) is 11.8 Å². The van der Waals surface area contributed by atoms with Gasteiger partial charge in [-0.3, -0.25) is 0 Å². The lowest BCUT2D eigenvalue weighted by molar-refractivity contribution is 0.280. The van der Waals surface area contributed by atoms with Gasteiger partial charge in [0.2, 0.25) is 0 Å². The number of hydrogen-bond donors (Lipinski definition) is 3. The molecule has 0 saturated carbocycles. The molecule has 0 atom stereocenters. The van der Waals surface area contributed by atoms with E-state index in [0.717, 1.165) is 63.2 Å². The number of aromatic amines is 2. The first-order valence-corrected chi connectivity index (χ1v) is 12.1. The number of aliphatic hydroxyl groups is 1. The topological polar surface area (TPSA) is 77.6 Å². The lowest BCUT2D eigenvalue weighted by Gasteiger charge is -2.07. The maximum absolute atomic E-state index is 10.3. The van der Waals surface area contributed by atoms with Crippen LogP contribution in [-0.2, 0) is 19.4 Å². The number of hydrogen-bond acceptors (Lipinski definition) is 3. The molecule has 0 aliphatic carbocycles. The van der Waals surface area contributed by atoms with Gasteiger partial charge >= 0.3 is 0 Å². The first-order chi connectivity index (χ1) is 16.4. The third-order valence-electron chi connectivity index (χ3n) is 6.28. The van der Waals surface area contributed by atoms with Crippen molar-refractivity contribution in [2.75, 3.05) is 0 Å². The molecule has 5 heteroatoms. The van der Waals surface area contributed by atoms with Crippen LogP contribution in [0.25, 0.3) is 46.4 Å². The lowest BCUT2D eigenvalue weighted by Crippen LogP contribution is -1.99. The minimum Gasteiger partial charge on any atom is -0.392 e. The molecule has 0 amide bonds. The van der Waals surface area contributed by atoms with Crippen LogP contribution in [0.1, 0.15) is 67.2 Å². The van der Waals surface area contributed by atoms with Crippen LogP contribution >= 0.6 is 0 Å². The second-order valence-corrected chi connectivity index (χ2v) is 10.0. The number of aromatic nitrogens is 4. The number of fused-ring (bicyclic) bond motifs is 8. The van der Waals surface area contributed by atoms with Gasteiger partial charge in [0, 0.05) is 38.8 Å². The zero-order valence-electron chi connectivity index (χ0n) is 20.3. The third kappa shape index (κ3) is 4.36. The average molecular weight is 453 g/mol. The highest BCUT2D eigenvalue weighted by atomic mass is 16.3. The van der Waals surface area contributed by atoms with Crippen molar-refractivity contribution in [3.8, 4) is 0 Å². The minimum atomic E-state index is -0.111. The van der Waals surface area contributed by atoms with Crippen molar-refractivity contribution in [1.29, 1.82) is 0 Å². The summed E-state index contributed by atoms with van der Waals surface area (Å²) in [5.41, 5.74) is 10.8. The fourth-order valence-corrected chi connectivity index (χ4v) is 4.72. The normalized spacial score (nSPS) is 12.9. The number of nitrogens with zero attached hydrogens (tertiary/aromatic N) is 2. The molecular formula is C29H32N4O. The average Bonchev–Trinajstić information content (AvgIpc) is 3.58. The van der Waals surface area contributed by atoms with Crippen LogP contribution in [-0.4, -0.2) is 25.0 Å². The van der Waals surface area contributed by atoms with Crippen LogP contribution in [0.2, 0.25) is 0 Å². The Balaban J connectivity index is 1.90. The molecule has 34 heavy (non-hydrogen) atoms. The highest BCUT2D eigenvalue weighted by Gasteiger charge is 2.16. The van der Waals surface area contributed by atoms with Gasteiger partial charge in [-0.25, -0.2) is 9.97 Å². The van der Waals surface area contributed by atoms with Crippen LogP contribution in [0.5, 0.6) is 0 Å². The van der Waals surface area contributed by atoms with E-state index in [1.165, 1.54) is 11.1 Å². The molecule has 0 radical (unpaired) electrons. The molecule has 0 spiro atoms. The maximum atomic E-state index is 10.3. The van der Waals surface area contributed by atoms with Crippen LogP contribution in [0.15, 0.2) is 30.3 Å². The molecule has 2 aliphatic rings. The highest BCUT2D eigenvalue weighted by Crippen LogP contribution is 2.28. The summed E-state index contributed by atoms with van der Waals surface area (Å²) in [5, 5.41) is 10.3. The van der Waals surface area contributed by atoms with E-state index in [0.29, 0.717) is 11.8 Å². The molecule has 3 aromatic heterocycles. The van der Waals surface area contributed by atoms with Gasteiger partial charge < -0.3 is 15.1 Å². The molecule has 0 saturated heterocycles. The largest absolute Gasteiger partial charge is 0.392 e. The molecule has 0 fully saturated rings. The second kappa shape index (κ2) is 9.07. The van der Waals surface area contributed by atoms with E-state index in [-0.39, 0.29) is 6.61 Å². The molecule has 174 valence electrons. The summed E-state index contributed by atoms with van der Waals surface area (Å²) < 4.78 is 0. The van der Waals surface area contributed by atoms with Gasteiger partial charge in [0.25, 0.3) is 0 Å². The summed E-state index contributed by atoms with van der Waals surface area (Å²) in [6, 6.07) is 10.7. The molecule has 2 aliphatic heterocycles. The van der Waals surface area contributed by atoms with Gasteiger partial charge in [-0.1, -0.05) is 27.7 Å². The number of H-pyrrole nitrogens is 2. The highest BCUT2D eigenvalue weighted by molar-refractivity contribution is 5.82. The van der Waals surface area contributed by atoms with Gasteiger partial charge in [-0.2, -0.15) is 0 Å². The summed E-state index contributed by atoms with van der Waals surface area (Å²) >= 11 is 0. The summed E-state index contributed by atoms with van der Waals surface area (Å²) in [7, 11) is 0. The van der Waals surface area contributed by atoms with Gasteiger partial charge in [0.15, 0.2) is 0 Å². The lowest BCUT2D eigenvalue weighted by atomic mass is 10.0. The Morgan fingerprint density at radius 3 is 1.44 bits per heavy atom. The molecule has 5 heterocycles. The number of aliphatic hydroxyl groups excluding tert-OH is 1. The van der Waals surface area contributed by atoms with Crippen molar-refractivity contribution in [3.05, 3.63) is 69.8 Å². The van der Waals surface area contributed by atoms with Gasteiger partial charge in [0.1, 0.15) is 0 Å². The van der Waals surface area contributed by atoms with E-state index >= 15 is 0 Å². The molecule has 0 unspecified atom stereocenters. The molecule has 0 aromatic carbocycles. The van der Waals surface area contributed by atoms with Crippen molar-refractivity contribution in [1.82, 2.24) is 19.9 Å².